The molecule has 0 saturated carbocycles. The molecule has 4 rings (SSSR count). The number of fused-ring (bicyclic) bond motifs is 3. The minimum Gasteiger partial charge on any atom is -0.481 e. The number of ether oxygens (including phenoxy) is 1. The summed E-state index contributed by atoms with van der Waals surface area (Å²) in [6.07, 6.45) is -0.900. The Kier molecular flexibility index (Phi) is 5.31. The van der Waals surface area contributed by atoms with E-state index in [-0.39, 0.29) is 18.9 Å². The molecule has 1 aromatic heterocycles. The number of carboxylic acid groups (broad SMARTS) is 1. The quantitative estimate of drug-likeness (QED) is 0.627. The fourth-order valence-electron chi connectivity index (χ4n) is 3.69. The van der Waals surface area contributed by atoms with Crippen molar-refractivity contribution in [2.24, 2.45) is 0 Å². The predicted octanol–water partition coefficient (Wildman–Crippen LogP) is 4.51. The lowest BCUT2D eigenvalue weighted by atomic mass is 9.98. The fourth-order valence-corrected chi connectivity index (χ4v) is 4.54. The third kappa shape index (κ3) is 4.00. The van der Waals surface area contributed by atoms with Gasteiger partial charge in [0, 0.05) is 17.0 Å². The third-order valence-corrected chi connectivity index (χ3v) is 6.03. The smallest absolute Gasteiger partial charge is 0.407 e. The van der Waals surface area contributed by atoms with E-state index < -0.39 is 18.1 Å². The molecular weight excluding hydrogens is 388 g/mol. The number of carbonyl (C=O) groups is 2. The van der Waals surface area contributed by atoms with Gasteiger partial charge in [0.15, 0.2) is 0 Å². The Hall–Kier alpha value is -3.19. The van der Waals surface area contributed by atoms with Gasteiger partial charge in [-0.25, -0.2) is 9.78 Å². The van der Waals surface area contributed by atoms with Gasteiger partial charge in [0.05, 0.1) is 12.5 Å². The van der Waals surface area contributed by atoms with Crippen LogP contribution in [0.25, 0.3) is 11.1 Å². The average molecular weight is 408 g/mol. The fraction of sp³-hybridized carbons (Fsp3) is 0.227. The second kappa shape index (κ2) is 8.05. The third-order valence-electron chi connectivity index (χ3n) is 4.95. The number of aryl methyl sites for hydroxylation is 1. The van der Waals surface area contributed by atoms with Gasteiger partial charge in [-0.3, -0.25) is 4.79 Å². The highest BCUT2D eigenvalue weighted by Crippen LogP contribution is 2.44. The molecule has 29 heavy (non-hydrogen) atoms. The number of aliphatic carboxylic acids is 1. The SMILES string of the molecule is Cc1csc([C@H](CC(=O)O)NC(=O)OCC2c3ccccc3-c3ccccc32)n1. The van der Waals surface area contributed by atoms with Gasteiger partial charge in [-0.05, 0) is 29.2 Å². The molecule has 2 N–H and O–H groups in total. The molecular formula is C22H20N2O4S. The van der Waals surface area contributed by atoms with Crippen LogP contribution < -0.4 is 5.32 Å². The van der Waals surface area contributed by atoms with Gasteiger partial charge >= 0.3 is 12.1 Å². The molecule has 148 valence electrons. The lowest BCUT2D eigenvalue weighted by molar-refractivity contribution is -0.137. The Morgan fingerprint density at radius 2 is 1.76 bits per heavy atom. The summed E-state index contributed by atoms with van der Waals surface area (Å²) in [7, 11) is 0. The number of hydrogen-bond donors (Lipinski definition) is 2. The zero-order valence-corrected chi connectivity index (χ0v) is 16.6. The molecule has 0 fully saturated rings. The maximum atomic E-state index is 12.4. The van der Waals surface area contributed by atoms with E-state index in [0.29, 0.717) is 5.01 Å². The van der Waals surface area contributed by atoms with Crippen molar-refractivity contribution in [1.82, 2.24) is 10.3 Å². The molecule has 0 aliphatic heterocycles. The van der Waals surface area contributed by atoms with Crippen LogP contribution in [0.15, 0.2) is 53.9 Å². The van der Waals surface area contributed by atoms with Crippen LogP contribution in [0.3, 0.4) is 0 Å². The lowest BCUT2D eigenvalue weighted by Crippen LogP contribution is -2.31. The van der Waals surface area contributed by atoms with Crippen molar-refractivity contribution in [1.29, 1.82) is 0 Å². The molecule has 1 aliphatic carbocycles. The van der Waals surface area contributed by atoms with Crippen LogP contribution in [0.4, 0.5) is 4.79 Å². The zero-order valence-electron chi connectivity index (χ0n) is 15.8. The molecule has 0 saturated heterocycles. The Bertz CT molecular complexity index is 1020. The largest absolute Gasteiger partial charge is 0.481 e. The van der Waals surface area contributed by atoms with Crippen molar-refractivity contribution in [3.05, 3.63) is 75.7 Å². The molecule has 0 radical (unpaired) electrons. The van der Waals surface area contributed by atoms with Crippen LogP contribution in [0.5, 0.6) is 0 Å². The van der Waals surface area contributed by atoms with Gasteiger partial charge in [-0.2, -0.15) is 0 Å². The van der Waals surface area contributed by atoms with E-state index in [2.05, 4.69) is 22.4 Å². The second-order valence-electron chi connectivity index (χ2n) is 6.95. The predicted molar refractivity (Wildman–Crippen MR) is 110 cm³/mol. The highest BCUT2D eigenvalue weighted by Gasteiger charge is 2.29. The molecule has 7 heteroatoms. The number of nitrogens with one attached hydrogen (secondary N) is 1. The lowest BCUT2D eigenvalue weighted by Gasteiger charge is -2.17. The molecule has 1 heterocycles. The van der Waals surface area contributed by atoms with E-state index in [1.807, 2.05) is 48.7 Å². The van der Waals surface area contributed by atoms with Crippen molar-refractivity contribution in [3.63, 3.8) is 0 Å². The highest BCUT2D eigenvalue weighted by atomic mass is 32.1. The van der Waals surface area contributed by atoms with Crippen LogP contribution in [-0.2, 0) is 9.53 Å². The van der Waals surface area contributed by atoms with Crippen molar-refractivity contribution in [2.45, 2.75) is 25.3 Å². The molecule has 1 aliphatic rings. The molecule has 6 nitrogen and oxygen atoms in total. The summed E-state index contributed by atoms with van der Waals surface area (Å²) in [5.74, 6) is -1.06. The van der Waals surface area contributed by atoms with Crippen LogP contribution in [0, 0.1) is 6.92 Å². The number of benzene rings is 2. The normalized spacial score (nSPS) is 13.4. The number of hydrogen-bond acceptors (Lipinski definition) is 5. The van der Waals surface area contributed by atoms with E-state index in [9.17, 15) is 14.7 Å². The first-order valence-electron chi connectivity index (χ1n) is 9.28. The number of nitrogens with zero attached hydrogens (tertiary/aromatic N) is 1. The molecule has 2 aromatic carbocycles. The molecule has 3 aromatic rings. The van der Waals surface area contributed by atoms with Gasteiger partial charge in [0.1, 0.15) is 11.6 Å². The summed E-state index contributed by atoms with van der Waals surface area (Å²) in [6, 6.07) is 15.5. The summed E-state index contributed by atoms with van der Waals surface area (Å²) in [5.41, 5.74) is 5.34. The van der Waals surface area contributed by atoms with Gasteiger partial charge in [0.2, 0.25) is 0 Å². The molecule has 1 amide bonds. The minimum absolute atomic E-state index is 0.0480. The Labute approximate surface area is 172 Å². The number of aromatic nitrogens is 1. The maximum Gasteiger partial charge on any atom is 0.407 e. The van der Waals surface area contributed by atoms with Crippen LogP contribution in [0.1, 0.15) is 40.2 Å². The van der Waals surface area contributed by atoms with E-state index >= 15 is 0 Å². The van der Waals surface area contributed by atoms with Crippen molar-refractivity contribution < 1.29 is 19.4 Å². The topological polar surface area (TPSA) is 88.5 Å². The monoisotopic (exact) mass is 408 g/mol. The Morgan fingerprint density at radius 1 is 1.14 bits per heavy atom. The Balaban J connectivity index is 1.47. The number of carbonyl (C=O) groups excluding carboxylic acids is 1. The first-order valence-corrected chi connectivity index (χ1v) is 10.2. The molecule has 0 bridgehead atoms. The number of alkyl carbamates (subject to hydrolysis) is 1. The van der Waals surface area contributed by atoms with Crippen molar-refractivity contribution in [3.8, 4) is 11.1 Å². The maximum absolute atomic E-state index is 12.4. The average Bonchev–Trinajstić information content (AvgIpc) is 3.27. The van der Waals surface area contributed by atoms with E-state index in [1.165, 1.54) is 11.3 Å². The zero-order chi connectivity index (χ0) is 20.4. The second-order valence-corrected chi connectivity index (χ2v) is 7.84. The van der Waals surface area contributed by atoms with Gasteiger partial charge in [-0.15, -0.1) is 11.3 Å². The molecule has 1 atom stereocenters. The summed E-state index contributed by atoms with van der Waals surface area (Å²) in [5, 5.41) is 14.2. The van der Waals surface area contributed by atoms with Crippen molar-refractivity contribution in [2.75, 3.05) is 6.61 Å². The van der Waals surface area contributed by atoms with Crippen LogP contribution in [0.2, 0.25) is 0 Å². The standard InChI is InChI=1S/C22H20N2O4S/c1-13-12-29-21(23-13)19(10-20(25)26)24-22(27)28-11-18-16-8-4-2-6-14(16)15-7-3-5-9-17(15)18/h2-9,12,18-19H,10-11H2,1H3,(H,24,27)(H,25,26)/t19-/m0/s1. The van der Waals surface area contributed by atoms with Crippen molar-refractivity contribution >= 4 is 23.4 Å². The van der Waals surface area contributed by atoms with Crippen LogP contribution in [-0.4, -0.2) is 28.8 Å². The van der Waals surface area contributed by atoms with Gasteiger partial charge in [0.25, 0.3) is 0 Å². The highest BCUT2D eigenvalue weighted by molar-refractivity contribution is 7.09. The van der Waals surface area contributed by atoms with E-state index in [1.54, 1.807) is 0 Å². The number of rotatable bonds is 6. The molecule has 0 spiro atoms. The van der Waals surface area contributed by atoms with Gasteiger partial charge in [-0.1, -0.05) is 48.5 Å². The molecule has 0 unspecified atom stereocenters. The van der Waals surface area contributed by atoms with Crippen LogP contribution >= 0.6 is 11.3 Å². The first kappa shape index (κ1) is 19.1. The van der Waals surface area contributed by atoms with Gasteiger partial charge < -0.3 is 15.2 Å². The van der Waals surface area contributed by atoms with E-state index in [0.717, 1.165) is 27.9 Å². The summed E-state index contributed by atoms with van der Waals surface area (Å²) in [6.45, 7) is 2.00. The summed E-state index contributed by atoms with van der Waals surface area (Å²) in [4.78, 5) is 27.9. The first-order chi connectivity index (χ1) is 14.0. The van der Waals surface area contributed by atoms with E-state index in [4.69, 9.17) is 4.74 Å². The minimum atomic E-state index is -1.01. The number of carboxylic acids is 1. The summed E-state index contributed by atoms with van der Waals surface area (Å²) >= 11 is 1.32. The summed E-state index contributed by atoms with van der Waals surface area (Å²) < 4.78 is 5.51. The number of thiazole rings is 1. The Morgan fingerprint density at radius 3 is 2.31 bits per heavy atom. The number of amides is 1.